The van der Waals surface area contributed by atoms with Crippen molar-refractivity contribution in [3.8, 4) is 0 Å². The van der Waals surface area contributed by atoms with Gasteiger partial charge in [-0.15, -0.1) is 0 Å². The Morgan fingerprint density at radius 3 is 1.84 bits per heavy atom. The molecule has 0 heterocycles. The summed E-state index contributed by atoms with van der Waals surface area (Å²) in [5, 5.41) is 14.6. The van der Waals surface area contributed by atoms with E-state index in [-0.39, 0.29) is 17.7 Å². The quantitative estimate of drug-likeness (QED) is 0.553. The average Bonchev–Trinajstić information content (AvgIpc) is 2.71. The fourth-order valence-corrected chi connectivity index (χ4v) is 8.60. The lowest BCUT2D eigenvalue weighted by Crippen LogP contribution is -2.67. The molecule has 32 heavy (non-hydrogen) atoms. The van der Waals surface area contributed by atoms with Gasteiger partial charge >= 0.3 is 6.09 Å². The summed E-state index contributed by atoms with van der Waals surface area (Å²) in [7, 11) is -2.70. The third-order valence-electron chi connectivity index (χ3n) is 5.35. The second kappa shape index (κ2) is 11.1. The number of carbonyl (C=O) groups excluding carboxylic acids is 1. The van der Waals surface area contributed by atoms with Gasteiger partial charge in [-0.25, -0.2) is 4.79 Å². The van der Waals surface area contributed by atoms with Crippen LogP contribution in [-0.4, -0.2) is 44.4 Å². The highest BCUT2D eigenvalue weighted by molar-refractivity contribution is 6.99. The van der Waals surface area contributed by atoms with E-state index in [0.717, 1.165) is 0 Å². The number of aliphatic hydroxyl groups is 1. The molecular weight excluding hydrogens is 418 g/mol. The minimum atomic E-state index is -2.70. The fraction of sp³-hybridized carbons (Fsp3) is 0.500. The van der Waals surface area contributed by atoms with E-state index >= 15 is 0 Å². The number of amides is 1. The number of hydrogen-bond acceptors (Lipinski definition) is 4. The third-order valence-corrected chi connectivity index (χ3v) is 10.4. The topological polar surface area (TPSA) is 67.8 Å². The van der Waals surface area contributed by atoms with Gasteiger partial charge in [-0.3, -0.25) is 0 Å². The number of alkyl carbamates (subject to hydrolysis) is 1. The summed E-state index contributed by atoms with van der Waals surface area (Å²) >= 11 is 0. The lowest BCUT2D eigenvalue weighted by Gasteiger charge is -2.43. The zero-order valence-corrected chi connectivity index (χ0v) is 21.4. The smallest absolute Gasteiger partial charge is 0.407 e. The molecule has 1 amide bonds. The van der Waals surface area contributed by atoms with Crippen molar-refractivity contribution < 1.29 is 19.1 Å². The number of carbonyl (C=O) groups is 1. The first kappa shape index (κ1) is 26.1. The van der Waals surface area contributed by atoms with Crippen LogP contribution in [-0.2, 0) is 9.16 Å². The Morgan fingerprint density at radius 2 is 1.44 bits per heavy atom. The number of nitrogens with one attached hydrogen (secondary N) is 1. The average molecular weight is 458 g/mol. The van der Waals surface area contributed by atoms with E-state index < -0.39 is 20.0 Å². The van der Waals surface area contributed by atoms with Crippen LogP contribution in [0.15, 0.2) is 60.7 Å². The van der Waals surface area contributed by atoms with Crippen molar-refractivity contribution in [1.82, 2.24) is 5.32 Å². The van der Waals surface area contributed by atoms with Gasteiger partial charge < -0.3 is 19.6 Å². The van der Waals surface area contributed by atoms with Gasteiger partial charge in [0.15, 0.2) is 0 Å². The molecule has 1 atom stereocenters. The SMILES string of the molecule is CC(C)(C)OC(=O)NC(CCCO)CO[Si](c1ccccc1)(c1ccccc1)C(C)(C)C. The predicted octanol–water partition coefficient (Wildman–Crippen LogP) is 4.23. The molecule has 1 unspecified atom stereocenters. The van der Waals surface area contributed by atoms with E-state index in [1.165, 1.54) is 10.4 Å². The molecule has 0 spiro atoms. The van der Waals surface area contributed by atoms with E-state index in [4.69, 9.17) is 9.16 Å². The molecule has 2 aromatic rings. The van der Waals surface area contributed by atoms with E-state index in [1.54, 1.807) is 0 Å². The Morgan fingerprint density at radius 1 is 0.938 bits per heavy atom. The fourth-order valence-electron chi connectivity index (χ4n) is 4.00. The van der Waals surface area contributed by atoms with Gasteiger partial charge in [0.25, 0.3) is 8.32 Å². The first-order valence-corrected chi connectivity index (χ1v) is 13.3. The van der Waals surface area contributed by atoms with Gasteiger partial charge in [0.05, 0.1) is 12.6 Å². The van der Waals surface area contributed by atoms with Crippen LogP contribution < -0.4 is 15.7 Å². The Hall–Kier alpha value is -2.15. The summed E-state index contributed by atoms with van der Waals surface area (Å²) in [4.78, 5) is 12.5. The predicted molar refractivity (Wildman–Crippen MR) is 133 cm³/mol. The lowest BCUT2D eigenvalue weighted by atomic mass is 10.2. The Kier molecular flexibility index (Phi) is 9.07. The maximum absolute atomic E-state index is 12.5. The molecule has 2 rings (SSSR count). The van der Waals surface area contributed by atoms with E-state index in [2.05, 4.69) is 74.6 Å². The van der Waals surface area contributed by atoms with Gasteiger partial charge in [0.2, 0.25) is 0 Å². The van der Waals surface area contributed by atoms with Crippen molar-refractivity contribution in [2.24, 2.45) is 0 Å². The van der Waals surface area contributed by atoms with Gasteiger partial charge in [-0.1, -0.05) is 81.4 Å². The number of rotatable bonds is 9. The normalized spacial score (nSPS) is 13.5. The summed E-state index contributed by atoms with van der Waals surface area (Å²) in [6.45, 7) is 12.6. The van der Waals surface area contributed by atoms with Crippen molar-refractivity contribution in [3.63, 3.8) is 0 Å². The van der Waals surface area contributed by atoms with Crippen molar-refractivity contribution in [1.29, 1.82) is 0 Å². The van der Waals surface area contributed by atoms with Crippen LogP contribution in [0.5, 0.6) is 0 Å². The number of hydrogen-bond donors (Lipinski definition) is 2. The molecule has 0 aromatic heterocycles. The molecule has 5 nitrogen and oxygen atoms in total. The highest BCUT2D eigenvalue weighted by atomic mass is 28.4. The summed E-state index contributed by atoms with van der Waals surface area (Å²) < 4.78 is 12.4. The standard InChI is InChI=1S/C26H39NO4Si/c1-25(2,3)31-24(29)27-21(14-13-19-28)20-30-32(26(4,5)6,22-15-9-7-10-16-22)23-17-11-8-12-18-23/h7-12,15-18,21,28H,13-14,19-20H2,1-6H3,(H,27,29). The van der Waals surface area contributed by atoms with Crippen molar-refractivity contribution in [3.05, 3.63) is 60.7 Å². The van der Waals surface area contributed by atoms with Crippen LogP contribution in [0.4, 0.5) is 4.79 Å². The Balaban J connectivity index is 2.40. The van der Waals surface area contributed by atoms with E-state index in [9.17, 15) is 9.90 Å². The summed E-state index contributed by atoms with van der Waals surface area (Å²) in [6, 6.07) is 20.6. The molecule has 0 saturated carbocycles. The van der Waals surface area contributed by atoms with Crippen molar-refractivity contribution in [2.75, 3.05) is 13.2 Å². The molecule has 2 aromatic carbocycles. The monoisotopic (exact) mass is 457 g/mol. The molecule has 0 saturated heterocycles. The first-order valence-electron chi connectivity index (χ1n) is 11.3. The number of aliphatic hydroxyl groups excluding tert-OH is 1. The molecular formula is C26H39NO4Si. The van der Waals surface area contributed by atoms with Gasteiger partial charge in [0, 0.05) is 6.61 Å². The zero-order valence-electron chi connectivity index (χ0n) is 20.4. The van der Waals surface area contributed by atoms with Crippen LogP contribution in [0.25, 0.3) is 0 Å². The lowest BCUT2D eigenvalue weighted by molar-refractivity contribution is 0.0479. The maximum Gasteiger partial charge on any atom is 0.407 e. The molecule has 0 aliphatic rings. The Labute approximate surface area is 194 Å². The van der Waals surface area contributed by atoms with Gasteiger partial charge in [-0.05, 0) is 49.0 Å². The first-order chi connectivity index (χ1) is 15.0. The van der Waals surface area contributed by atoms with Crippen molar-refractivity contribution >= 4 is 24.8 Å². The number of benzene rings is 2. The van der Waals surface area contributed by atoms with Gasteiger partial charge in [-0.2, -0.15) is 0 Å². The minimum Gasteiger partial charge on any atom is -0.444 e. The largest absolute Gasteiger partial charge is 0.444 e. The molecule has 0 radical (unpaired) electrons. The van der Waals surface area contributed by atoms with Crippen molar-refractivity contribution in [2.45, 2.75) is 71.1 Å². The second-order valence-electron chi connectivity index (χ2n) is 10.2. The highest BCUT2D eigenvalue weighted by Gasteiger charge is 2.50. The third kappa shape index (κ3) is 6.92. The second-order valence-corrected chi connectivity index (χ2v) is 14.5. The molecule has 2 N–H and O–H groups in total. The van der Waals surface area contributed by atoms with E-state index in [0.29, 0.717) is 19.4 Å². The molecule has 0 fully saturated rings. The van der Waals surface area contributed by atoms with Crippen LogP contribution in [0.2, 0.25) is 5.04 Å². The van der Waals surface area contributed by atoms with Crippen LogP contribution in [0.1, 0.15) is 54.4 Å². The maximum atomic E-state index is 12.5. The summed E-state index contributed by atoms with van der Waals surface area (Å²) in [6.07, 6.45) is 0.713. The molecule has 6 heteroatoms. The van der Waals surface area contributed by atoms with Crippen LogP contribution >= 0.6 is 0 Å². The molecule has 0 aliphatic carbocycles. The molecule has 0 aliphatic heterocycles. The highest BCUT2D eigenvalue weighted by Crippen LogP contribution is 2.36. The Bertz CT molecular complexity index is 789. The van der Waals surface area contributed by atoms with E-state index in [1.807, 2.05) is 32.9 Å². The summed E-state index contributed by atoms with van der Waals surface area (Å²) in [5.74, 6) is 0. The summed E-state index contributed by atoms with van der Waals surface area (Å²) in [5.41, 5.74) is -0.579. The zero-order chi connectivity index (χ0) is 23.8. The molecule has 0 bridgehead atoms. The van der Waals surface area contributed by atoms with Gasteiger partial charge in [0.1, 0.15) is 5.60 Å². The minimum absolute atomic E-state index is 0.0612. The number of ether oxygens (including phenoxy) is 1. The van der Waals surface area contributed by atoms with Crippen LogP contribution in [0.3, 0.4) is 0 Å². The molecule has 176 valence electrons. The van der Waals surface area contributed by atoms with Crippen LogP contribution in [0, 0.1) is 0 Å².